The second kappa shape index (κ2) is 9.20. The number of anilines is 1. The van der Waals surface area contributed by atoms with Gasteiger partial charge < -0.3 is 9.80 Å². The number of carbonyl (C=O) groups excluding carboxylic acids is 1. The molecule has 158 valence electrons. The van der Waals surface area contributed by atoms with Crippen molar-refractivity contribution < 1.29 is 4.79 Å². The van der Waals surface area contributed by atoms with Crippen LogP contribution in [0, 0.1) is 6.92 Å². The molecule has 0 N–H and O–H groups in total. The Morgan fingerprint density at radius 2 is 1.59 bits per heavy atom. The minimum atomic E-state index is -0.236. The topological polar surface area (TPSA) is 54.3 Å². The molecular weight excluding hydrogens is 382 g/mol. The van der Waals surface area contributed by atoms with Crippen molar-refractivity contribution in [2.45, 2.75) is 76.9 Å². The fourth-order valence-corrected chi connectivity index (χ4v) is 4.82. The Hall–Kier alpha value is -2.02. The third-order valence-electron chi connectivity index (χ3n) is 5.29. The highest BCUT2D eigenvalue weighted by molar-refractivity contribution is 8.00. The number of hydrogen-bond donors (Lipinski definition) is 0. The minimum Gasteiger partial charge on any atom is -0.341 e. The van der Waals surface area contributed by atoms with Gasteiger partial charge in [0.25, 0.3) is 0 Å². The summed E-state index contributed by atoms with van der Waals surface area (Å²) in [5, 5.41) is 9.54. The first-order chi connectivity index (χ1) is 13.8. The largest absolute Gasteiger partial charge is 0.341 e. The molecule has 29 heavy (non-hydrogen) atoms. The van der Waals surface area contributed by atoms with Crippen LogP contribution >= 0.6 is 11.8 Å². The molecule has 0 spiro atoms. The van der Waals surface area contributed by atoms with E-state index >= 15 is 0 Å². The predicted octanol–water partition coefficient (Wildman–Crippen LogP) is 4.30. The summed E-state index contributed by atoms with van der Waals surface area (Å²) in [4.78, 5) is 17.4. The molecule has 2 aromatic rings. The molecule has 1 saturated heterocycles. The molecule has 1 fully saturated rings. The van der Waals surface area contributed by atoms with Crippen LogP contribution in [0.4, 0.5) is 5.95 Å². The molecule has 2 heterocycles. The molecule has 1 aromatic carbocycles. The van der Waals surface area contributed by atoms with Crippen molar-refractivity contribution in [3.8, 4) is 5.69 Å². The summed E-state index contributed by atoms with van der Waals surface area (Å²) >= 11 is 1.49. The third-order valence-corrected chi connectivity index (χ3v) is 6.32. The van der Waals surface area contributed by atoms with Gasteiger partial charge in [-0.25, -0.2) is 0 Å². The maximum absolute atomic E-state index is 13.1. The van der Waals surface area contributed by atoms with E-state index in [-0.39, 0.29) is 23.2 Å². The van der Waals surface area contributed by atoms with Crippen LogP contribution in [-0.4, -0.2) is 56.0 Å². The Balaban J connectivity index is 1.92. The number of carbonyl (C=O) groups is 1. The highest BCUT2D eigenvalue weighted by atomic mass is 32.2. The van der Waals surface area contributed by atoms with Crippen LogP contribution < -0.4 is 4.90 Å². The molecule has 1 aliphatic rings. The number of thioether (sulfide) groups is 1. The molecule has 0 bridgehead atoms. The van der Waals surface area contributed by atoms with Crippen molar-refractivity contribution in [2.24, 2.45) is 0 Å². The number of benzene rings is 1. The van der Waals surface area contributed by atoms with Gasteiger partial charge in [0, 0.05) is 25.2 Å². The Bertz CT molecular complexity index is 816. The Morgan fingerprint density at radius 1 is 1.00 bits per heavy atom. The van der Waals surface area contributed by atoms with Crippen LogP contribution in [0.15, 0.2) is 29.4 Å². The van der Waals surface area contributed by atoms with Crippen LogP contribution in [0.1, 0.15) is 53.0 Å². The highest BCUT2D eigenvalue weighted by Crippen LogP contribution is 2.31. The monoisotopic (exact) mass is 415 g/mol. The standard InChI is InChI=1S/C22H33N5OS/c1-15(2)26(16(3)4)20(28)18(6)29-22-24-23-21(25-13-7-8-14-25)27(22)19-11-9-17(5)10-12-19/h9-12,15-16,18H,7-8,13-14H2,1-6H3. The van der Waals surface area contributed by atoms with Gasteiger partial charge in [-0.3, -0.25) is 9.36 Å². The first-order valence-corrected chi connectivity index (χ1v) is 11.4. The predicted molar refractivity (Wildman–Crippen MR) is 120 cm³/mol. The Morgan fingerprint density at radius 3 is 2.14 bits per heavy atom. The van der Waals surface area contributed by atoms with E-state index in [4.69, 9.17) is 0 Å². The van der Waals surface area contributed by atoms with Crippen LogP contribution in [-0.2, 0) is 4.79 Å². The van der Waals surface area contributed by atoms with Gasteiger partial charge in [0.15, 0.2) is 5.16 Å². The van der Waals surface area contributed by atoms with Crippen molar-refractivity contribution in [3.63, 3.8) is 0 Å². The Labute approximate surface area is 178 Å². The molecule has 3 rings (SSSR count). The normalized spacial score (nSPS) is 15.4. The molecule has 1 aliphatic heterocycles. The van der Waals surface area contributed by atoms with E-state index in [1.54, 1.807) is 0 Å². The summed E-state index contributed by atoms with van der Waals surface area (Å²) in [5.41, 5.74) is 2.25. The average Bonchev–Trinajstić information content (AvgIpc) is 3.31. The molecule has 0 aliphatic carbocycles. The van der Waals surface area contributed by atoms with Crippen molar-refractivity contribution >= 4 is 23.6 Å². The van der Waals surface area contributed by atoms with Crippen LogP contribution in [0.5, 0.6) is 0 Å². The molecule has 6 nitrogen and oxygen atoms in total. The van der Waals surface area contributed by atoms with E-state index in [0.717, 1.165) is 29.9 Å². The third kappa shape index (κ3) is 4.77. The molecule has 1 amide bonds. The fraction of sp³-hybridized carbons (Fsp3) is 0.591. The van der Waals surface area contributed by atoms with E-state index in [2.05, 4.69) is 78.5 Å². The van der Waals surface area contributed by atoms with Gasteiger partial charge in [-0.1, -0.05) is 29.5 Å². The van der Waals surface area contributed by atoms with Crippen molar-refractivity contribution in [1.29, 1.82) is 0 Å². The number of nitrogens with zero attached hydrogens (tertiary/aromatic N) is 5. The lowest BCUT2D eigenvalue weighted by Crippen LogP contribution is -2.45. The average molecular weight is 416 g/mol. The number of aryl methyl sites for hydroxylation is 1. The number of amides is 1. The van der Waals surface area contributed by atoms with E-state index in [1.807, 2.05) is 11.8 Å². The molecule has 1 unspecified atom stereocenters. The summed E-state index contributed by atoms with van der Waals surface area (Å²) in [6, 6.07) is 8.74. The van der Waals surface area contributed by atoms with Gasteiger partial charge >= 0.3 is 0 Å². The summed E-state index contributed by atoms with van der Waals surface area (Å²) in [6.07, 6.45) is 2.35. The maximum atomic E-state index is 13.1. The number of hydrogen-bond acceptors (Lipinski definition) is 5. The molecule has 1 aromatic heterocycles. The molecule has 1 atom stereocenters. The van der Waals surface area contributed by atoms with E-state index in [0.29, 0.717) is 0 Å². The molecule has 0 saturated carbocycles. The lowest BCUT2D eigenvalue weighted by Gasteiger charge is -2.32. The van der Waals surface area contributed by atoms with Crippen molar-refractivity contribution in [2.75, 3.05) is 18.0 Å². The molecule has 0 radical (unpaired) electrons. The van der Waals surface area contributed by atoms with Crippen molar-refractivity contribution in [3.05, 3.63) is 29.8 Å². The second-order valence-electron chi connectivity index (χ2n) is 8.34. The van der Waals surface area contributed by atoms with Gasteiger partial charge in [0.1, 0.15) is 0 Å². The highest BCUT2D eigenvalue weighted by Gasteiger charge is 2.29. The van der Waals surface area contributed by atoms with E-state index in [1.165, 1.54) is 30.2 Å². The van der Waals surface area contributed by atoms with Gasteiger partial charge in [0.2, 0.25) is 11.9 Å². The van der Waals surface area contributed by atoms with E-state index < -0.39 is 0 Å². The minimum absolute atomic E-state index is 0.140. The first-order valence-electron chi connectivity index (χ1n) is 10.6. The fourth-order valence-electron chi connectivity index (χ4n) is 3.90. The zero-order valence-electron chi connectivity index (χ0n) is 18.4. The maximum Gasteiger partial charge on any atom is 0.236 e. The lowest BCUT2D eigenvalue weighted by molar-refractivity contribution is -0.133. The number of rotatable bonds is 7. The second-order valence-corrected chi connectivity index (χ2v) is 9.65. The van der Waals surface area contributed by atoms with Crippen LogP contribution in [0.3, 0.4) is 0 Å². The van der Waals surface area contributed by atoms with Gasteiger partial charge in [-0.15, -0.1) is 10.2 Å². The smallest absolute Gasteiger partial charge is 0.236 e. The number of aromatic nitrogens is 3. The van der Waals surface area contributed by atoms with E-state index in [9.17, 15) is 4.79 Å². The SMILES string of the molecule is Cc1ccc(-n2c(SC(C)C(=O)N(C(C)C)C(C)C)nnc2N2CCCC2)cc1. The van der Waals surface area contributed by atoms with Gasteiger partial charge in [-0.05, 0) is 66.5 Å². The zero-order valence-corrected chi connectivity index (χ0v) is 19.2. The molecule has 7 heteroatoms. The van der Waals surface area contributed by atoms with Gasteiger partial charge in [-0.2, -0.15) is 0 Å². The van der Waals surface area contributed by atoms with Crippen molar-refractivity contribution in [1.82, 2.24) is 19.7 Å². The summed E-state index contributed by atoms with van der Waals surface area (Å²) in [6.45, 7) is 14.3. The zero-order chi connectivity index (χ0) is 21.1. The Kier molecular flexibility index (Phi) is 6.88. The summed E-state index contributed by atoms with van der Waals surface area (Å²) < 4.78 is 2.11. The summed E-state index contributed by atoms with van der Waals surface area (Å²) in [5.74, 6) is 1.01. The van der Waals surface area contributed by atoms with Crippen LogP contribution in [0.25, 0.3) is 5.69 Å². The first kappa shape index (κ1) is 21.7. The summed E-state index contributed by atoms with van der Waals surface area (Å²) in [7, 11) is 0. The van der Waals surface area contributed by atoms with Crippen LogP contribution in [0.2, 0.25) is 0 Å². The van der Waals surface area contributed by atoms with Gasteiger partial charge in [0.05, 0.1) is 10.9 Å². The quantitative estimate of drug-likeness (QED) is 0.631. The molecular formula is C22H33N5OS. The lowest BCUT2D eigenvalue weighted by atomic mass is 10.2.